The first-order valence-electron chi connectivity index (χ1n) is 5.25. The molecular formula is C11H9NO4S. The van der Waals surface area contributed by atoms with Gasteiger partial charge < -0.3 is 5.11 Å². The van der Waals surface area contributed by atoms with Crippen LogP contribution < -0.4 is 0 Å². The highest BCUT2D eigenvalue weighted by Gasteiger charge is 2.58. The van der Waals surface area contributed by atoms with Crippen LogP contribution in [0.4, 0.5) is 0 Å². The minimum absolute atomic E-state index is 0.0959. The molecule has 0 spiro atoms. The summed E-state index contributed by atoms with van der Waals surface area (Å²) in [6, 6.07) is 3.15. The van der Waals surface area contributed by atoms with E-state index in [4.69, 9.17) is 5.11 Å². The lowest BCUT2D eigenvalue weighted by Crippen LogP contribution is -2.31. The van der Waals surface area contributed by atoms with Gasteiger partial charge in [0, 0.05) is 4.88 Å². The summed E-state index contributed by atoms with van der Waals surface area (Å²) in [7, 11) is 0. The van der Waals surface area contributed by atoms with Gasteiger partial charge in [-0.3, -0.25) is 14.5 Å². The number of carbonyl (C=O) groups excluding carboxylic acids is 2. The van der Waals surface area contributed by atoms with E-state index in [9.17, 15) is 14.4 Å². The number of piperidine rings is 1. The molecule has 1 N–H and O–H groups in total. The Morgan fingerprint density at radius 1 is 1.35 bits per heavy atom. The van der Waals surface area contributed by atoms with Crippen molar-refractivity contribution in [3.8, 4) is 0 Å². The number of carbonyl (C=O) groups is 3. The smallest absolute Gasteiger partial charge is 0.345 e. The second-order valence-corrected chi connectivity index (χ2v) is 5.45. The van der Waals surface area contributed by atoms with Gasteiger partial charge in [-0.1, -0.05) is 0 Å². The minimum Gasteiger partial charge on any atom is -0.477 e. The number of hydrogen-bond acceptors (Lipinski definition) is 4. The lowest BCUT2D eigenvalue weighted by Gasteiger charge is -2.14. The van der Waals surface area contributed by atoms with Crippen LogP contribution in [0, 0.1) is 11.8 Å². The van der Waals surface area contributed by atoms with Crippen LogP contribution in [0.2, 0.25) is 0 Å². The first kappa shape index (κ1) is 10.5. The SMILES string of the molecule is O=C(O)c1ccc(CN2C(=O)C3CC3C2=O)s1. The second-order valence-electron chi connectivity index (χ2n) is 4.28. The van der Waals surface area contributed by atoms with Gasteiger partial charge in [-0.25, -0.2) is 4.79 Å². The maximum absolute atomic E-state index is 11.7. The van der Waals surface area contributed by atoms with Gasteiger partial charge in [-0.05, 0) is 18.6 Å². The molecule has 1 saturated heterocycles. The fourth-order valence-corrected chi connectivity index (χ4v) is 2.97. The molecule has 0 aromatic carbocycles. The standard InChI is InChI=1S/C11H9NO4S/c13-9-6-3-7(6)10(14)12(9)4-5-1-2-8(17-5)11(15)16/h1-2,6-7H,3-4H2,(H,15,16). The molecule has 88 valence electrons. The van der Waals surface area contributed by atoms with Crippen molar-refractivity contribution in [1.29, 1.82) is 0 Å². The number of thiophene rings is 1. The molecule has 6 heteroatoms. The number of carboxylic acid groups (broad SMARTS) is 1. The van der Waals surface area contributed by atoms with Crippen molar-refractivity contribution in [3.63, 3.8) is 0 Å². The fraction of sp³-hybridized carbons (Fsp3) is 0.364. The topological polar surface area (TPSA) is 74.7 Å². The number of hydrogen-bond donors (Lipinski definition) is 1. The average molecular weight is 251 g/mol. The molecule has 0 bridgehead atoms. The highest BCUT2D eigenvalue weighted by atomic mass is 32.1. The largest absolute Gasteiger partial charge is 0.477 e. The van der Waals surface area contributed by atoms with Crippen LogP contribution in [-0.4, -0.2) is 27.8 Å². The van der Waals surface area contributed by atoms with Gasteiger partial charge in [-0.2, -0.15) is 0 Å². The van der Waals surface area contributed by atoms with Crippen molar-refractivity contribution in [1.82, 2.24) is 4.90 Å². The lowest BCUT2D eigenvalue weighted by atomic mass is 10.3. The van der Waals surface area contributed by atoms with Crippen molar-refractivity contribution < 1.29 is 19.5 Å². The molecule has 2 aliphatic rings. The van der Waals surface area contributed by atoms with Crippen molar-refractivity contribution in [2.45, 2.75) is 13.0 Å². The van der Waals surface area contributed by atoms with Gasteiger partial charge in [0.1, 0.15) is 4.88 Å². The molecular weight excluding hydrogens is 242 g/mol. The monoisotopic (exact) mass is 251 g/mol. The minimum atomic E-state index is -0.983. The van der Waals surface area contributed by atoms with Crippen LogP contribution in [0.25, 0.3) is 0 Å². The summed E-state index contributed by atoms with van der Waals surface area (Å²) in [5, 5.41) is 8.78. The normalized spacial score (nSPS) is 26.2. The van der Waals surface area contributed by atoms with Gasteiger partial charge in [-0.15, -0.1) is 11.3 Å². The van der Waals surface area contributed by atoms with Crippen molar-refractivity contribution in [3.05, 3.63) is 21.9 Å². The predicted molar refractivity (Wildman–Crippen MR) is 58.4 cm³/mol. The molecule has 3 rings (SSSR count). The van der Waals surface area contributed by atoms with Gasteiger partial charge in [0.15, 0.2) is 0 Å². The van der Waals surface area contributed by atoms with Crippen LogP contribution >= 0.6 is 11.3 Å². The Morgan fingerprint density at radius 3 is 2.53 bits per heavy atom. The summed E-state index contributed by atoms with van der Waals surface area (Å²) in [6.07, 6.45) is 0.693. The van der Waals surface area contributed by atoms with Gasteiger partial charge in [0.05, 0.1) is 18.4 Å². The summed E-state index contributed by atoms with van der Waals surface area (Å²) in [4.78, 5) is 36.3. The van der Waals surface area contributed by atoms with E-state index < -0.39 is 5.97 Å². The molecule has 1 aromatic rings. The number of likely N-dealkylation sites (tertiary alicyclic amines) is 1. The zero-order valence-electron chi connectivity index (χ0n) is 8.75. The number of carboxylic acids is 1. The highest BCUT2D eigenvalue weighted by molar-refractivity contribution is 7.13. The molecule has 2 fully saturated rings. The molecule has 2 amide bonds. The summed E-state index contributed by atoms with van der Waals surface area (Å²) in [5.74, 6) is -1.39. The Labute approximate surface area is 101 Å². The Kier molecular flexibility index (Phi) is 2.09. The van der Waals surface area contributed by atoms with Crippen LogP contribution in [0.5, 0.6) is 0 Å². The Balaban J connectivity index is 1.76. The molecule has 17 heavy (non-hydrogen) atoms. The number of fused-ring (bicyclic) bond motifs is 1. The third-order valence-corrected chi connectivity index (χ3v) is 4.20. The summed E-state index contributed by atoms with van der Waals surface area (Å²) >= 11 is 1.10. The fourth-order valence-electron chi connectivity index (χ4n) is 2.14. The number of imide groups is 1. The zero-order valence-corrected chi connectivity index (χ0v) is 9.57. The van der Waals surface area contributed by atoms with Crippen LogP contribution in [-0.2, 0) is 16.1 Å². The Hall–Kier alpha value is -1.69. The van der Waals surface area contributed by atoms with E-state index in [1.807, 2.05) is 0 Å². The van der Waals surface area contributed by atoms with E-state index in [2.05, 4.69) is 0 Å². The first-order chi connectivity index (χ1) is 8.08. The molecule has 1 aliphatic heterocycles. The number of aromatic carboxylic acids is 1. The number of nitrogens with zero attached hydrogens (tertiary/aromatic N) is 1. The maximum Gasteiger partial charge on any atom is 0.345 e. The van der Waals surface area contributed by atoms with Gasteiger partial charge in [0.2, 0.25) is 11.8 Å². The van der Waals surface area contributed by atoms with E-state index in [1.54, 1.807) is 6.07 Å². The first-order valence-corrected chi connectivity index (χ1v) is 6.07. The number of amides is 2. The number of rotatable bonds is 3. The van der Waals surface area contributed by atoms with E-state index >= 15 is 0 Å². The molecule has 2 unspecified atom stereocenters. The lowest BCUT2D eigenvalue weighted by molar-refractivity contribution is -0.141. The Morgan fingerprint density at radius 2 is 2.00 bits per heavy atom. The summed E-state index contributed by atoms with van der Waals surface area (Å²) < 4.78 is 0. The predicted octanol–water partition coefficient (Wildman–Crippen LogP) is 0.951. The van der Waals surface area contributed by atoms with Crippen molar-refractivity contribution in [2.24, 2.45) is 11.8 Å². The third-order valence-electron chi connectivity index (χ3n) is 3.14. The van der Waals surface area contributed by atoms with E-state index in [-0.39, 0.29) is 35.1 Å². The van der Waals surface area contributed by atoms with Gasteiger partial charge >= 0.3 is 5.97 Å². The molecule has 0 radical (unpaired) electrons. The van der Waals surface area contributed by atoms with Crippen molar-refractivity contribution in [2.75, 3.05) is 0 Å². The third kappa shape index (κ3) is 1.56. The average Bonchev–Trinajstić information content (AvgIpc) is 2.88. The van der Waals surface area contributed by atoms with Crippen LogP contribution in [0.3, 0.4) is 0 Å². The van der Waals surface area contributed by atoms with E-state index in [0.29, 0.717) is 6.42 Å². The summed E-state index contributed by atoms with van der Waals surface area (Å²) in [5.41, 5.74) is 0. The zero-order chi connectivity index (χ0) is 12.2. The Bertz CT molecular complexity index is 515. The van der Waals surface area contributed by atoms with Crippen molar-refractivity contribution >= 4 is 29.1 Å². The second kappa shape index (κ2) is 3.40. The quantitative estimate of drug-likeness (QED) is 0.812. The highest BCUT2D eigenvalue weighted by Crippen LogP contribution is 2.47. The van der Waals surface area contributed by atoms with E-state index in [0.717, 1.165) is 16.2 Å². The molecule has 2 heterocycles. The maximum atomic E-state index is 11.7. The van der Waals surface area contributed by atoms with E-state index in [1.165, 1.54) is 11.0 Å². The summed E-state index contributed by atoms with van der Waals surface area (Å²) in [6.45, 7) is 0.211. The van der Waals surface area contributed by atoms with Gasteiger partial charge in [0.25, 0.3) is 0 Å². The van der Waals surface area contributed by atoms with Crippen LogP contribution in [0.1, 0.15) is 21.0 Å². The molecule has 2 atom stereocenters. The van der Waals surface area contributed by atoms with Crippen LogP contribution in [0.15, 0.2) is 12.1 Å². The molecule has 1 aromatic heterocycles. The molecule has 1 saturated carbocycles. The molecule has 5 nitrogen and oxygen atoms in total. The molecule has 1 aliphatic carbocycles.